The van der Waals surface area contributed by atoms with Gasteiger partial charge in [-0.2, -0.15) is 0 Å². The van der Waals surface area contributed by atoms with Crippen molar-refractivity contribution in [3.63, 3.8) is 0 Å². The Hall–Kier alpha value is -2.83. The summed E-state index contributed by atoms with van der Waals surface area (Å²) in [7, 11) is 0. The van der Waals surface area contributed by atoms with Gasteiger partial charge >= 0.3 is 208 Å². The monoisotopic (exact) mass is 528 g/mol. The first-order chi connectivity index (χ1) is 16.5. The summed E-state index contributed by atoms with van der Waals surface area (Å²) in [5.74, 6) is -0.435. The van der Waals surface area contributed by atoms with Crippen molar-refractivity contribution in [2.45, 2.75) is 25.4 Å². The molecule has 0 aliphatic carbocycles. The molecule has 4 heteroatoms. The van der Waals surface area contributed by atoms with Crippen LogP contribution < -0.4 is 9.05 Å². The molecule has 1 heterocycles. The molecule has 1 aliphatic heterocycles. The Morgan fingerprint density at radius 3 is 1.59 bits per heavy atom. The molecule has 5 aromatic carbocycles. The van der Waals surface area contributed by atoms with Crippen molar-refractivity contribution >= 4 is 42.6 Å². The van der Waals surface area contributed by atoms with Gasteiger partial charge in [-0.3, -0.25) is 0 Å². The van der Waals surface area contributed by atoms with Crippen molar-refractivity contribution in [2.75, 3.05) is 0 Å². The van der Waals surface area contributed by atoms with Gasteiger partial charge in [0.2, 0.25) is 0 Å². The SMILES string of the molecule is C[C@H](c1ccccc1)[C@H](C)P1(=[Se])Oc2ccc3ccccc3c2-c2c(ccc3ccccc23)O1. The fourth-order valence-electron chi connectivity index (χ4n) is 4.94. The van der Waals surface area contributed by atoms with Crippen molar-refractivity contribution in [1.82, 2.24) is 0 Å². The van der Waals surface area contributed by atoms with E-state index in [4.69, 9.17) is 9.05 Å². The van der Waals surface area contributed by atoms with Crippen LogP contribution in [-0.2, 0) is 0 Å². The van der Waals surface area contributed by atoms with Crippen LogP contribution in [-0.4, -0.2) is 20.8 Å². The molecular weight excluding hydrogens is 502 g/mol. The summed E-state index contributed by atoms with van der Waals surface area (Å²) in [5.41, 5.74) is 3.66. The van der Waals surface area contributed by atoms with Crippen LogP contribution in [0.4, 0.5) is 0 Å². The molecule has 168 valence electrons. The van der Waals surface area contributed by atoms with Gasteiger partial charge in [0, 0.05) is 0 Å². The van der Waals surface area contributed by atoms with E-state index in [0.717, 1.165) is 22.6 Å². The third kappa shape index (κ3) is 3.51. The van der Waals surface area contributed by atoms with Gasteiger partial charge in [0.25, 0.3) is 0 Å². The Morgan fingerprint density at radius 2 is 1.06 bits per heavy atom. The number of hydrogen-bond acceptors (Lipinski definition) is 2. The molecule has 0 fully saturated rings. The predicted octanol–water partition coefficient (Wildman–Crippen LogP) is 8.55. The molecule has 0 saturated heterocycles. The van der Waals surface area contributed by atoms with E-state index in [2.05, 4.69) is 132 Å². The van der Waals surface area contributed by atoms with Gasteiger partial charge in [-0.1, -0.05) is 0 Å². The Kier molecular flexibility index (Phi) is 5.38. The van der Waals surface area contributed by atoms with Crippen LogP contribution in [0.1, 0.15) is 25.3 Å². The van der Waals surface area contributed by atoms with Crippen LogP contribution in [0.15, 0.2) is 103 Å². The second-order valence-electron chi connectivity index (χ2n) is 8.98. The van der Waals surface area contributed by atoms with Crippen LogP contribution >= 0.6 is 5.96 Å². The summed E-state index contributed by atoms with van der Waals surface area (Å²) in [6.07, 6.45) is 0. The topological polar surface area (TPSA) is 18.5 Å². The third-order valence-corrected chi connectivity index (χ3v) is 12.4. The van der Waals surface area contributed by atoms with Gasteiger partial charge in [-0.15, -0.1) is 0 Å². The van der Waals surface area contributed by atoms with E-state index in [-0.39, 0.29) is 11.6 Å². The van der Waals surface area contributed by atoms with E-state index in [1.165, 1.54) is 27.1 Å². The van der Waals surface area contributed by atoms with Gasteiger partial charge in [0.15, 0.2) is 0 Å². The maximum atomic E-state index is 6.92. The van der Waals surface area contributed by atoms with Crippen LogP contribution in [0.3, 0.4) is 0 Å². The number of fused-ring (bicyclic) bond motifs is 7. The minimum absolute atomic E-state index is 0.145. The normalized spacial score (nSPS) is 15.9. The van der Waals surface area contributed by atoms with Gasteiger partial charge in [-0.25, -0.2) is 0 Å². The number of rotatable bonds is 3. The Balaban J connectivity index is 1.61. The van der Waals surface area contributed by atoms with Crippen molar-refractivity contribution in [3.05, 3.63) is 109 Å². The molecule has 0 unspecified atom stereocenters. The summed E-state index contributed by atoms with van der Waals surface area (Å²) < 4.78 is 13.8. The summed E-state index contributed by atoms with van der Waals surface area (Å²) in [5, 5.41) is 4.75. The Morgan fingerprint density at radius 1 is 0.588 bits per heavy atom. The van der Waals surface area contributed by atoms with Crippen LogP contribution in [0.25, 0.3) is 32.7 Å². The van der Waals surface area contributed by atoms with Crippen molar-refractivity contribution < 1.29 is 9.05 Å². The number of benzene rings is 5. The van der Waals surface area contributed by atoms with E-state index in [1.54, 1.807) is 0 Å². The first-order valence-electron chi connectivity index (χ1n) is 11.6. The molecule has 2 atom stereocenters. The van der Waals surface area contributed by atoms with Crippen LogP contribution in [0.2, 0.25) is 0 Å². The zero-order chi connectivity index (χ0) is 23.3. The van der Waals surface area contributed by atoms with Crippen molar-refractivity contribution in [2.24, 2.45) is 0 Å². The van der Waals surface area contributed by atoms with Gasteiger partial charge in [-0.05, 0) is 0 Å². The van der Waals surface area contributed by atoms with Gasteiger partial charge in [0.05, 0.1) is 0 Å². The summed E-state index contributed by atoms with van der Waals surface area (Å²) in [6.45, 7) is 4.51. The summed E-state index contributed by atoms with van der Waals surface area (Å²) in [4.78, 5) is 0. The molecule has 5 aromatic rings. The predicted molar refractivity (Wildman–Crippen MR) is 145 cm³/mol. The summed E-state index contributed by atoms with van der Waals surface area (Å²) in [6, 6.07) is 36.2. The van der Waals surface area contributed by atoms with E-state index in [0.29, 0.717) is 0 Å². The molecular formula is C30H25O2PSe. The molecule has 0 aromatic heterocycles. The first-order valence-corrected chi connectivity index (χ1v) is 15.5. The first kappa shape index (κ1) is 21.7. The third-order valence-electron chi connectivity index (χ3n) is 7.03. The minimum atomic E-state index is -2.47. The van der Waals surface area contributed by atoms with Crippen molar-refractivity contribution in [3.8, 4) is 22.6 Å². The van der Waals surface area contributed by atoms with Crippen molar-refractivity contribution in [1.29, 1.82) is 0 Å². The molecule has 34 heavy (non-hydrogen) atoms. The quantitative estimate of drug-likeness (QED) is 0.173. The Bertz CT molecular complexity index is 1490. The molecule has 2 nitrogen and oxygen atoms in total. The van der Waals surface area contributed by atoms with E-state index in [9.17, 15) is 0 Å². The van der Waals surface area contributed by atoms with E-state index >= 15 is 0 Å². The van der Waals surface area contributed by atoms with Gasteiger partial charge < -0.3 is 0 Å². The summed E-state index contributed by atoms with van der Waals surface area (Å²) >= 11 is 3.43. The van der Waals surface area contributed by atoms with E-state index < -0.39 is 5.96 Å². The fraction of sp³-hybridized carbons (Fsp3) is 0.133. The molecule has 0 radical (unpaired) electrons. The zero-order valence-electron chi connectivity index (χ0n) is 19.1. The van der Waals surface area contributed by atoms with E-state index in [1.807, 2.05) is 0 Å². The molecule has 0 saturated carbocycles. The molecule has 0 amide bonds. The maximum absolute atomic E-state index is 6.92. The fourth-order valence-corrected chi connectivity index (χ4v) is 9.04. The standard InChI is InChI=1S/C30H25O2PSe/c1-20(22-10-4-3-5-11-22)21(2)33(34)31-27-18-16-23-12-6-8-14-25(23)29(27)30-26-15-9-7-13-24(26)17-19-28(30)32-33/h3-21H,1-2H3/t20-,21-/m0/s1. The molecule has 1 aliphatic rings. The average molecular weight is 527 g/mol. The second-order valence-corrected chi connectivity index (χ2v) is 14.4. The molecule has 0 bridgehead atoms. The average Bonchev–Trinajstić information content (AvgIpc) is 3.02. The number of hydrogen-bond donors (Lipinski definition) is 0. The van der Waals surface area contributed by atoms with Crippen LogP contribution in [0, 0.1) is 0 Å². The molecule has 0 N–H and O–H groups in total. The van der Waals surface area contributed by atoms with Crippen LogP contribution in [0.5, 0.6) is 11.5 Å². The Labute approximate surface area is 207 Å². The van der Waals surface area contributed by atoms with Gasteiger partial charge in [0.1, 0.15) is 0 Å². The molecule has 0 spiro atoms. The second kappa shape index (κ2) is 8.43. The molecule has 6 rings (SSSR count). The zero-order valence-corrected chi connectivity index (χ0v) is 21.7.